The maximum atomic E-state index is 12.4. The van der Waals surface area contributed by atoms with E-state index in [4.69, 9.17) is 0 Å². The number of carbonyl (C=O) groups excluding carboxylic acids is 1. The molecular weight excluding hydrogens is 338 g/mol. The molecule has 0 saturated carbocycles. The van der Waals surface area contributed by atoms with Crippen molar-refractivity contribution in [3.63, 3.8) is 0 Å². The van der Waals surface area contributed by atoms with Gasteiger partial charge in [-0.25, -0.2) is 0 Å². The van der Waals surface area contributed by atoms with E-state index in [0.29, 0.717) is 23.1 Å². The quantitative estimate of drug-likeness (QED) is 0.614. The molecule has 0 spiro atoms. The molecule has 6 nitrogen and oxygen atoms in total. The summed E-state index contributed by atoms with van der Waals surface area (Å²) in [4.78, 5) is 27.0. The first-order valence-corrected chi connectivity index (χ1v) is 7.77. The van der Waals surface area contributed by atoms with Crippen LogP contribution in [0.1, 0.15) is 23.7 Å². The first-order chi connectivity index (χ1) is 10.0. The number of halogens is 1. The van der Waals surface area contributed by atoms with Crippen LogP contribution in [0.3, 0.4) is 0 Å². The van der Waals surface area contributed by atoms with Crippen LogP contribution in [-0.2, 0) is 0 Å². The van der Waals surface area contributed by atoms with Crippen molar-refractivity contribution in [1.82, 2.24) is 9.80 Å². The normalized spacial score (nSPS) is 16.0. The molecule has 0 bridgehead atoms. The molecule has 0 N–H and O–H groups in total. The van der Waals surface area contributed by atoms with E-state index < -0.39 is 4.92 Å². The summed E-state index contributed by atoms with van der Waals surface area (Å²) in [5, 5.41) is 10.9. The van der Waals surface area contributed by atoms with E-state index in [9.17, 15) is 14.9 Å². The van der Waals surface area contributed by atoms with Crippen molar-refractivity contribution < 1.29 is 9.72 Å². The summed E-state index contributed by atoms with van der Waals surface area (Å²) in [6.45, 7) is 6.24. The minimum absolute atomic E-state index is 0.0783. The number of carbonyl (C=O) groups is 1. The highest BCUT2D eigenvalue weighted by Gasteiger charge is 2.23. The van der Waals surface area contributed by atoms with Crippen LogP contribution in [0.25, 0.3) is 0 Å². The van der Waals surface area contributed by atoms with Gasteiger partial charge < -0.3 is 4.90 Å². The molecule has 1 aromatic carbocycles. The number of hydrogen-bond acceptors (Lipinski definition) is 4. The monoisotopic (exact) mass is 355 g/mol. The summed E-state index contributed by atoms with van der Waals surface area (Å²) in [7, 11) is 0. The summed E-state index contributed by atoms with van der Waals surface area (Å²) in [6.07, 6.45) is 1.10. The fourth-order valence-electron chi connectivity index (χ4n) is 2.46. The number of benzene rings is 1. The molecule has 1 amide bonds. The van der Waals surface area contributed by atoms with E-state index in [2.05, 4.69) is 27.8 Å². The molecule has 0 atom stereocenters. The molecule has 1 aliphatic heterocycles. The van der Waals surface area contributed by atoms with Crippen LogP contribution in [-0.4, -0.2) is 53.4 Å². The second-order valence-electron chi connectivity index (χ2n) is 5.06. The molecular formula is C14H18BrN3O3. The zero-order valence-electron chi connectivity index (χ0n) is 11.9. The lowest BCUT2D eigenvalue weighted by Crippen LogP contribution is -2.48. The highest BCUT2D eigenvalue weighted by molar-refractivity contribution is 9.10. The largest absolute Gasteiger partial charge is 0.336 e. The Hall–Kier alpha value is -1.47. The maximum Gasteiger partial charge on any atom is 0.284 e. The van der Waals surface area contributed by atoms with Crippen molar-refractivity contribution in [2.45, 2.75) is 13.3 Å². The van der Waals surface area contributed by atoms with Gasteiger partial charge in [-0.2, -0.15) is 0 Å². The van der Waals surface area contributed by atoms with E-state index in [1.54, 1.807) is 17.0 Å². The summed E-state index contributed by atoms with van der Waals surface area (Å²) in [6, 6.07) is 4.52. The van der Waals surface area contributed by atoms with Gasteiger partial charge >= 0.3 is 0 Å². The Balaban J connectivity index is 2.07. The van der Waals surface area contributed by atoms with Crippen molar-refractivity contribution in [2.24, 2.45) is 0 Å². The smallest absolute Gasteiger partial charge is 0.284 e. The third-order valence-electron chi connectivity index (χ3n) is 3.59. The van der Waals surface area contributed by atoms with Gasteiger partial charge in [0.1, 0.15) is 0 Å². The maximum absolute atomic E-state index is 12.4. The summed E-state index contributed by atoms with van der Waals surface area (Å²) < 4.78 is 0.386. The Labute approximate surface area is 132 Å². The van der Waals surface area contributed by atoms with Gasteiger partial charge in [0, 0.05) is 37.8 Å². The molecule has 0 aliphatic carbocycles. The van der Waals surface area contributed by atoms with Crippen molar-refractivity contribution in [3.05, 3.63) is 38.3 Å². The Bertz CT molecular complexity index is 542. The Morgan fingerprint density at radius 3 is 2.57 bits per heavy atom. The average molecular weight is 356 g/mol. The second-order valence-corrected chi connectivity index (χ2v) is 5.91. The summed E-state index contributed by atoms with van der Waals surface area (Å²) in [5.41, 5.74) is 0.291. The predicted octanol–water partition coefficient (Wildman–Crippen LogP) is 2.53. The van der Waals surface area contributed by atoms with E-state index in [1.165, 1.54) is 6.07 Å². The molecule has 1 fully saturated rings. The molecule has 1 heterocycles. The van der Waals surface area contributed by atoms with Crippen LogP contribution >= 0.6 is 15.9 Å². The molecule has 21 heavy (non-hydrogen) atoms. The fraction of sp³-hybridized carbons (Fsp3) is 0.500. The van der Waals surface area contributed by atoms with E-state index >= 15 is 0 Å². The van der Waals surface area contributed by atoms with E-state index in [-0.39, 0.29) is 11.6 Å². The Morgan fingerprint density at radius 2 is 2.00 bits per heavy atom. The topological polar surface area (TPSA) is 66.7 Å². The second kappa shape index (κ2) is 7.00. The third-order valence-corrected chi connectivity index (χ3v) is 4.26. The van der Waals surface area contributed by atoms with Gasteiger partial charge in [0.15, 0.2) is 0 Å². The minimum atomic E-state index is -0.486. The number of amides is 1. The molecule has 114 valence electrons. The van der Waals surface area contributed by atoms with Gasteiger partial charge in [-0.3, -0.25) is 19.8 Å². The number of nitro benzene ring substituents is 1. The van der Waals surface area contributed by atoms with Crippen LogP contribution < -0.4 is 0 Å². The molecule has 0 unspecified atom stereocenters. The molecule has 2 rings (SSSR count). The number of nitrogens with zero attached hydrogens (tertiary/aromatic N) is 3. The first-order valence-electron chi connectivity index (χ1n) is 6.98. The molecule has 1 aliphatic rings. The molecule has 1 aromatic rings. The van der Waals surface area contributed by atoms with Gasteiger partial charge in [0.05, 0.1) is 9.40 Å². The molecule has 0 radical (unpaired) electrons. The van der Waals surface area contributed by atoms with Gasteiger partial charge in [0.2, 0.25) is 0 Å². The van der Waals surface area contributed by atoms with Crippen LogP contribution in [0.4, 0.5) is 5.69 Å². The van der Waals surface area contributed by atoms with E-state index in [1.807, 2.05) is 0 Å². The Morgan fingerprint density at radius 1 is 1.33 bits per heavy atom. The number of rotatable bonds is 4. The van der Waals surface area contributed by atoms with Crippen molar-refractivity contribution in [3.8, 4) is 0 Å². The average Bonchev–Trinajstić information content (AvgIpc) is 2.48. The number of hydrogen-bond donors (Lipinski definition) is 0. The van der Waals surface area contributed by atoms with Crippen LogP contribution in [0, 0.1) is 10.1 Å². The van der Waals surface area contributed by atoms with Crippen molar-refractivity contribution in [1.29, 1.82) is 0 Å². The third kappa shape index (κ3) is 3.79. The lowest BCUT2D eigenvalue weighted by molar-refractivity contribution is -0.385. The van der Waals surface area contributed by atoms with Gasteiger partial charge in [-0.05, 0) is 41.0 Å². The molecule has 0 aromatic heterocycles. The first kappa shape index (κ1) is 15.9. The molecule has 1 saturated heterocycles. The highest BCUT2D eigenvalue weighted by Crippen LogP contribution is 2.26. The van der Waals surface area contributed by atoms with Crippen molar-refractivity contribution >= 4 is 27.5 Å². The molecule has 7 heteroatoms. The lowest BCUT2D eigenvalue weighted by Gasteiger charge is -2.34. The fourth-order valence-corrected chi connectivity index (χ4v) is 2.85. The highest BCUT2D eigenvalue weighted by atomic mass is 79.9. The van der Waals surface area contributed by atoms with Gasteiger partial charge in [-0.1, -0.05) is 6.92 Å². The lowest BCUT2D eigenvalue weighted by atomic mass is 10.1. The Kier molecular flexibility index (Phi) is 5.30. The van der Waals surface area contributed by atoms with Crippen LogP contribution in [0.5, 0.6) is 0 Å². The zero-order valence-corrected chi connectivity index (χ0v) is 13.5. The van der Waals surface area contributed by atoms with Crippen LogP contribution in [0.15, 0.2) is 22.7 Å². The number of nitro groups is 1. The summed E-state index contributed by atoms with van der Waals surface area (Å²) in [5.74, 6) is -0.137. The van der Waals surface area contributed by atoms with Gasteiger partial charge in [-0.15, -0.1) is 0 Å². The van der Waals surface area contributed by atoms with Crippen LogP contribution in [0.2, 0.25) is 0 Å². The SMILES string of the molecule is CCCN1CCN(C(=O)c2ccc(Br)c([N+](=O)[O-])c2)CC1. The summed E-state index contributed by atoms with van der Waals surface area (Å²) >= 11 is 3.13. The number of piperazine rings is 1. The van der Waals surface area contributed by atoms with E-state index in [0.717, 1.165) is 26.1 Å². The zero-order chi connectivity index (χ0) is 15.4. The predicted molar refractivity (Wildman–Crippen MR) is 83.4 cm³/mol. The standard InChI is InChI=1S/C14H18BrN3O3/c1-2-5-16-6-8-17(9-7-16)14(19)11-3-4-12(15)13(10-11)18(20)21/h3-4,10H,2,5-9H2,1H3. The minimum Gasteiger partial charge on any atom is -0.336 e. The van der Waals surface area contributed by atoms with Crippen molar-refractivity contribution in [2.75, 3.05) is 32.7 Å². The van der Waals surface area contributed by atoms with Gasteiger partial charge in [0.25, 0.3) is 11.6 Å².